The molecule has 2 atom stereocenters. The predicted molar refractivity (Wildman–Crippen MR) is 93.7 cm³/mol. The van der Waals surface area contributed by atoms with Gasteiger partial charge in [-0.25, -0.2) is 0 Å². The van der Waals surface area contributed by atoms with E-state index in [4.69, 9.17) is 16.3 Å². The number of hydrogen-bond acceptors (Lipinski definition) is 4. The molecule has 128 valence electrons. The van der Waals surface area contributed by atoms with Gasteiger partial charge in [-0.05, 0) is 57.7 Å². The highest BCUT2D eigenvalue weighted by molar-refractivity contribution is 7.90. The largest absolute Gasteiger partial charge is 0.598 e. The van der Waals surface area contributed by atoms with Crippen LogP contribution in [0.15, 0.2) is 18.2 Å². The molecule has 0 saturated heterocycles. The second-order valence-corrected chi connectivity index (χ2v) is 9.19. The van der Waals surface area contributed by atoms with Gasteiger partial charge in [-0.15, -0.1) is 4.72 Å². The number of carbonyl (C=O) groups is 1. The van der Waals surface area contributed by atoms with E-state index in [1.54, 1.807) is 6.92 Å². The zero-order chi connectivity index (χ0) is 17.3. The van der Waals surface area contributed by atoms with Crippen LogP contribution in [0, 0.1) is 0 Å². The van der Waals surface area contributed by atoms with Crippen molar-refractivity contribution in [2.24, 2.45) is 0 Å². The maximum Gasteiger partial charge on any atom is 0.308 e. The molecule has 0 fully saturated rings. The van der Waals surface area contributed by atoms with Crippen LogP contribution in [0.25, 0.3) is 0 Å². The van der Waals surface area contributed by atoms with Crippen molar-refractivity contribution >= 4 is 28.9 Å². The first-order valence-electron chi connectivity index (χ1n) is 7.83. The zero-order valence-corrected chi connectivity index (χ0v) is 15.6. The summed E-state index contributed by atoms with van der Waals surface area (Å²) in [5.74, 6) is -0.293. The van der Waals surface area contributed by atoms with Gasteiger partial charge in [0, 0.05) is 16.4 Å². The van der Waals surface area contributed by atoms with Crippen molar-refractivity contribution in [1.29, 1.82) is 0 Å². The molecular weight excluding hydrogens is 334 g/mol. The second-order valence-electron chi connectivity index (χ2n) is 6.81. The third-order valence-corrected chi connectivity index (χ3v) is 6.07. The second kappa shape index (κ2) is 7.01. The minimum absolute atomic E-state index is 0.149. The van der Waals surface area contributed by atoms with Crippen molar-refractivity contribution in [2.75, 3.05) is 6.61 Å². The van der Waals surface area contributed by atoms with Gasteiger partial charge in [-0.1, -0.05) is 23.7 Å². The highest BCUT2D eigenvalue weighted by atomic mass is 35.5. The molecule has 6 heteroatoms. The van der Waals surface area contributed by atoms with Crippen LogP contribution < -0.4 is 4.72 Å². The van der Waals surface area contributed by atoms with Crippen LogP contribution in [0.4, 0.5) is 0 Å². The Morgan fingerprint density at radius 3 is 2.78 bits per heavy atom. The summed E-state index contributed by atoms with van der Waals surface area (Å²) in [6, 6.07) is 5.68. The third-order valence-electron chi connectivity index (χ3n) is 4.03. The molecule has 0 radical (unpaired) electrons. The van der Waals surface area contributed by atoms with E-state index in [0.717, 1.165) is 17.5 Å². The molecule has 1 aromatic carbocycles. The number of halogens is 1. The van der Waals surface area contributed by atoms with Crippen LogP contribution in [-0.2, 0) is 32.9 Å². The Kier molecular flexibility index (Phi) is 5.67. The van der Waals surface area contributed by atoms with Gasteiger partial charge in [-0.2, -0.15) is 0 Å². The van der Waals surface area contributed by atoms with Crippen molar-refractivity contribution in [2.45, 2.75) is 57.2 Å². The first-order valence-corrected chi connectivity index (χ1v) is 9.35. The summed E-state index contributed by atoms with van der Waals surface area (Å²) < 4.78 is 20.6. The molecule has 0 amide bonds. The van der Waals surface area contributed by atoms with Crippen molar-refractivity contribution in [3.8, 4) is 0 Å². The van der Waals surface area contributed by atoms with Crippen LogP contribution in [0.3, 0.4) is 0 Å². The van der Waals surface area contributed by atoms with Gasteiger partial charge in [0.2, 0.25) is 0 Å². The van der Waals surface area contributed by atoms with Gasteiger partial charge >= 0.3 is 5.97 Å². The smallest absolute Gasteiger partial charge is 0.308 e. The van der Waals surface area contributed by atoms with Gasteiger partial charge in [0.15, 0.2) is 0 Å². The van der Waals surface area contributed by atoms with E-state index in [1.807, 2.05) is 39.0 Å². The number of carbonyl (C=O) groups excluding carboxylic acids is 1. The molecule has 1 N–H and O–H groups in total. The number of benzene rings is 1. The summed E-state index contributed by atoms with van der Waals surface area (Å²) in [6.45, 7) is 7.83. The number of nitrogens with one attached hydrogen (secondary N) is 1. The number of esters is 1. The summed E-state index contributed by atoms with van der Waals surface area (Å²) in [5, 5.41) is 0.691. The van der Waals surface area contributed by atoms with E-state index >= 15 is 0 Å². The Morgan fingerprint density at radius 1 is 1.48 bits per heavy atom. The van der Waals surface area contributed by atoms with Gasteiger partial charge in [-0.3, -0.25) is 4.79 Å². The molecule has 23 heavy (non-hydrogen) atoms. The van der Waals surface area contributed by atoms with E-state index in [0.29, 0.717) is 18.1 Å². The molecular formula is C17H24ClNO3S. The van der Waals surface area contributed by atoms with Crippen molar-refractivity contribution < 1.29 is 14.1 Å². The molecule has 0 spiro atoms. The standard InChI is InChI=1S/C17H24ClNO3S/c1-5-22-15(20)11-17(19-23(21)16(2,3)4)10-9-12-13(17)7-6-8-14(12)18/h6-8,19H,5,9-11H2,1-4H3/t17-,23+/m0/s1. The lowest BCUT2D eigenvalue weighted by Gasteiger charge is -2.35. The normalized spacial score (nSPS) is 21.8. The zero-order valence-electron chi connectivity index (χ0n) is 14.1. The summed E-state index contributed by atoms with van der Waals surface area (Å²) in [4.78, 5) is 12.1. The molecule has 1 aliphatic carbocycles. The summed E-state index contributed by atoms with van der Waals surface area (Å²) in [5.41, 5.74) is 1.29. The van der Waals surface area contributed by atoms with Crippen LogP contribution in [-0.4, -0.2) is 21.9 Å². The Morgan fingerprint density at radius 2 is 2.17 bits per heavy atom. The number of fused-ring (bicyclic) bond motifs is 1. The van der Waals surface area contributed by atoms with Gasteiger partial charge in [0.25, 0.3) is 0 Å². The van der Waals surface area contributed by atoms with Crippen LogP contribution in [0.5, 0.6) is 0 Å². The third kappa shape index (κ3) is 4.02. The average molecular weight is 358 g/mol. The maximum atomic E-state index is 12.7. The molecule has 0 aromatic heterocycles. The van der Waals surface area contributed by atoms with E-state index < -0.39 is 21.6 Å². The number of hydrogen-bond donors (Lipinski definition) is 1. The molecule has 0 aliphatic heterocycles. The highest BCUT2D eigenvalue weighted by Gasteiger charge is 2.47. The molecule has 4 nitrogen and oxygen atoms in total. The molecule has 1 aromatic rings. The average Bonchev–Trinajstić information content (AvgIpc) is 2.78. The monoisotopic (exact) mass is 357 g/mol. The summed E-state index contributed by atoms with van der Waals surface area (Å²) >= 11 is 5.00. The van der Waals surface area contributed by atoms with E-state index in [2.05, 4.69) is 4.72 Å². The first-order chi connectivity index (χ1) is 10.7. The van der Waals surface area contributed by atoms with Crippen LogP contribution in [0.2, 0.25) is 5.02 Å². The number of ether oxygens (including phenoxy) is 1. The topological polar surface area (TPSA) is 61.4 Å². The lowest BCUT2D eigenvalue weighted by Crippen LogP contribution is -2.51. The van der Waals surface area contributed by atoms with Crippen molar-refractivity contribution in [3.05, 3.63) is 34.3 Å². The Hall–Kier alpha value is -0.750. The predicted octanol–water partition coefficient (Wildman–Crippen LogP) is 3.49. The lowest BCUT2D eigenvalue weighted by molar-refractivity contribution is -0.144. The van der Waals surface area contributed by atoms with Crippen molar-refractivity contribution in [1.82, 2.24) is 4.72 Å². The van der Waals surface area contributed by atoms with Crippen molar-refractivity contribution in [3.63, 3.8) is 0 Å². The Balaban J connectivity index is 2.39. The van der Waals surface area contributed by atoms with Gasteiger partial charge < -0.3 is 9.29 Å². The van der Waals surface area contributed by atoms with Gasteiger partial charge in [0.1, 0.15) is 4.75 Å². The Labute approximate surface area is 146 Å². The Bertz CT molecular complexity index is 588. The lowest BCUT2D eigenvalue weighted by atomic mass is 9.89. The quantitative estimate of drug-likeness (QED) is 0.647. The summed E-state index contributed by atoms with van der Waals surface area (Å²) in [7, 11) is 0. The fourth-order valence-corrected chi connectivity index (χ4v) is 4.06. The molecule has 2 rings (SSSR count). The molecule has 0 unspecified atom stereocenters. The molecule has 0 heterocycles. The van der Waals surface area contributed by atoms with Gasteiger partial charge in [0.05, 0.1) is 18.6 Å². The fraction of sp³-hybridized carbons (Fsp3) is 0.588. The van der Waals surface area contributed by atoms with Crippen LogP contribution >= 0.6 is 11.6 Å². The molecule has 0 bridgehead atoms. The first kappa shape index (κ1) is 18.6. The fourth-order valence-electron chi connectivity index (χ4n) is 2.85. The molecule has 1 aliphatic rings. The summed E-state index contributed by atoms with van der Waals surface area (Å²) in [6.07, 6.45) is 1.57. The minimum atomic E-state index is -1.30. The SMILES string of the molecule is CCOC(=O)C[C@@]1(N[S@+]([O-])C(C)(C)C)CCc2c(Cl)cccc21. The van der Waals surface area contributed by atoms with E-state index in [9.17, 15) is 9.35 Å². The van der Waals surface area contributed by atoms with E-state index in [1.165, 1.54) is 0 Å². The van der Waals surface area contributed by atoms with Crippen LogP contribution in [0.1, 0.15) is 51.7 Å². The molecule has 0 saturated carbocycles. The minimum Gasteiger partial charge on any atom is -0.598 e. The maximum absolute atomic E-state index is 12.7. The van der Waals surface area contributed by atoms with E-state index in [-0.39, 0.29) is 12.4 Å². The highest BCUT2D eigenvalue weighted by Crippen LogP contribution is 2.43. The number of rotatable bonds is 5.